The summed E-state index contributed by atoms with van der Waals surface area (Å²) < 4.78 is 0. The Kier molecular flexibility index (Phi) is 7.06. The van der Waals surface area contributed by atoms with Crippen LogP contribution in [-0.4, -0.2) is 65.1 Å². The third kappa shape index (κ3) is 4.54. The van der Waals surface area contributed by atoms with E-state index in [4.69, 9.17) is 0 Å². The molecular weight excluding hydrogens is 354 g/mol. The van der Waals surface area contributed by atoms with Crippen molar-refractivity contribution in [3.8, 4) is 0 Å². The fraction of sp³-hybridized carbons (Fsp3) is 0.591. The largest absolute Gasteiger partial charge is 0.341 e. The number of benzene rings is 1. The van der Waals surface area contributed by atoms with Crippen LogP contribution in [0.25, 0.3) is 0 Å². The van der Waals surface area contributed by atoms with E-state index in [1.54, 1.807) is 4.90 Å². The number of carbonyl (C=O) groups is 3. The molecule has 0 saturated carbocycles. The Morgan fingerprint density at radius 3 is 2.25 bits per heavy atom. The maximum atomic E-state index is 13.5. The normalized spacial score (nSPS) is 19.5. The lowest BCUT2D eigenvalue weighted by molar-refractivity contribution is -0.161. The van der Waals surface area contributed by atoms with Crippen molar-refractivity contribution in [1.29, 1.82) is 0 Å². The Hall–Kier alpha value is -2.37. The van der Waals surface area contributed by atoms with Gasteiger partial charge in [-0.15, -0.1) is 0 Å². The third-order valence-corrected chi connectivity index (χ3v) is 5.70. The van der Waals surface area contributed by atoms with Gasteiger partial charge < -0.3 is 14.7 Å². The summed E-state index contributed by atoms with van der Waals surface area (Å²) in [6, 6.07) is 8.68. The van der Waals surface area contributed by atoms with Crippen LogP contribution in [0, 0.1) is 0 Å². The number of unbranched alkanes of at least 4 members (excludes halogenated alkanes) is 1. The molecule has 2 aliphatic heterocycles. The molecule has 1 aromatic carbocycles. The van der Waals surface area contributed by atoms with Crippen LogP contribution in [-0.2, 0) is 14.4 Å². The number of likely N-dealkylation sites (tertiary alicyclic amines) is 1. The van der Waals surface area contributed by atoms with Crippen molar-refractivity contribution < 1.29 is 14.4 Å². The molecule has 0 spiro atoms. The highest BCUT2D eigenvalue weighted by Gasteiger charge is 2.41. The van der Waals surface area contributed by atoms with Crippen molar-refractivity contribution in [2.45, 2.75) is 51.5 Å². The van der Waals surface area contributed by atoms with Crippen LogP contribution in [0.1, 0.15) is 57.1 Å². The van der Waals surface area contributed by atoms with Gasteiger partial charge in [0.2, 0.25) is 5.91 Å². The second-order valence-corrected chi connectivity index (χ2v) is 7.70. The van der Waals surface area contributed by atoms with Crippen molar-refractivity contribution in [2.24, 2.45) is 0 Å². The lowest BCUT2D eigenvalue weighted by atomic mass is 10.0. The van der Waals surface area contributed by atoms with Crippen molar-refractivity contribution in [3.63, 3.8) is 0 Å². The lowest BCUT2D eigenvalue weighted by Gasteiger charge is -2.39. The van der Waals surface area contributed by atoms with Gasteiger partial charge in [-0.1, -0.05) is 56.5 Å². The molecule has 2 aliphatic rings. The number of hydrogen-bond acceptors (Lipinski definition) is 3. The van der Waals surface area contributed by atoms with Gasteiger partial charge in [-0.25, -0.2) is 0 Å². The summed E-state index contributed by atoms with van der Waals surface area (Å²) in [5, 5.41) is 0. The average molecular weight is 386 g/mol. The number of amides is 3. The molecule has 152 valence electrons. The standard InChI is InChI=1S/C22H31N3O3/c1-2-3-13-24-16-17-25(22(28)21(24)27)19(18-11-7-6-8-12-18)20(26)23-14-9-4-5-10-15-23/h6-8,11-12,19H,2-5,9-10,13-17H2,1H3/t19-/m0/s1. The van der Waals surface area contributed by atoms with Crippen molar-refractivity contribution in [3.05, 3.63) is 35.9 Å². The molecular formula is C22H31N3O3. The van der Waals surface area contributed by atoms with Gasteiger partial charge in [0.1, 0.15) is 6.04 Å². The Morgan fingerprint density at radius 1 is 0.929 bits per heavy atom. The minimum absolute atomic E-state index is 0.0590. The molecule has 0 aromatic heterocycles. The SMILES string of the molecule is CCCCN1CCN([C@H](C(=O)N2CCCCCC2)c2ccccc2)C(=O)C1=O. The molecule has 28 heavy (non-hydrogen) atoms. The molecule has 0 unspecified atom stereocenters. The summed E-state index contributed by atoms with van der Waals surface area (Å²) in [5.41, 5.74) is 0.778. The van der Waals surface area contributed by atoms with Gasteiger partial charge in [0.25, 0.3) is 0 Å². The van der Waals surface area contributed by atoms with Gasteiger partial charge in [-0.05, 0) is 24.8 Å². The molecule has 1 aromatic rings. The summed E-state index contributed by atoms with van der Waals surface area (Å²) in [4.78, 5) is 44.0. The van der Waals surface area contributed by atoms with Crippen LogP contribution >= 0.6 is 0 Å². The number of nitrogens with zero attached hydrogens (tertiary/aromatic N) is 3. The minimum atomic E-state index is -0.718. The van der Waals surface area contributed by atoms with E-state index in [9.17, 15) is 14.4 Å². The number of piperazine rings is 1. The van der Waals surface area contributed by atoms with Gasteiger partial charge in [0, 0.05) is 32.7 Å². The third-order valence-electron chi connectivity index (χ3n) is 5.70. The van der Waals surface area contributed by atoms with E-state index >= 15 is 0 Å². The minimum Gasteiger partial charge on any atom is -0.341 e. The van der Waals surface area contributed by atoms with Crippen LogP contribution < -0.4 is 0 Å². The summed E-state index contributed by atoms with van der Waals surface area (Å²) in [6.45, 7) is 5.00. The predicted molar refractivity (Wildman–Crippen MR) is 107 cm³/mol. The molecule has 2 fully saturated rings. The first kappa shape index (κ1) is 20.4. The van der Waals surface area contributed by atoms with Crippen LogP contribution in [0.3, 0.4) is 0 Å². The summed E-state index contributed by atoms with van der Waals surface area (Å²) >= 11 is 0. The molecule has 3 amide bonds. The molecule has 6 nitrogen and oxygen atoms in total. The maximum Gasteiger partial charge on any atom is 0.313 e. The van der Waals surface area contributed by atoms with Gasteiger partial charge in [-0.2, -0.15) is 0 Å². The first-order valence-corrected chi connectivity index (χ1v) is 10.6. The zero-order chi connectivity index (χ0) is 19.9. The van der Waals surface area contributed by atoms with Gasteiger partial charge >= 0.3 is 11.8 Å². The predicted octanol–water partition coefficient (Wildman–Crippen LogP) is 2.60. The maximum absolute atomic E-state index is 13.5. The highest BCUT2D eigenvalue weighted by Crippen LogP contribution is 2.27. The lowest BCUT2D eigenvalue weighted by Crippen LogP contribution is -2.57. The summed E-state index contributed by atoms with van der Waals surface area (Å²) in [6.07, 6.45) is 6.10. The van der Waals surface area contributed by atoms with Crippen molar-refractivity contribution in [2.75, 3.05) is 32.7 Å². The summed E-state index contributed by atoms with van der Waals surface area (Å²) in [7, 11) is 0. The van der Waals surface area contributed by atoms with Gasteiger partial charge in [-0.3, -0.25) is 14.4 Å². The Bertz CT molecular complexity index is 684. The second-order valence-electron chi connectivity index (χ2n) is 7.70. The monoisotopic (exact) mass is 385 g/mol. The van der Waals surface area contributed by atoms with Crippen LogP contribution in [0.2, 0.25) is 0 Å². The first-order valence-electron chi connectivity index (χ1n) is 10.6. The fourth-order valence-electron chi connectivity index (χ4n) is 4.05. The molecule has 0 bridgehead atoms. The van der Waals surface area contributed by atoms with E-state index in [0.29, 0.717) is 19.6 Å². The second kappa shape index (κ2) is 9.71. The van der Waals surface area contributed by atoms with E-state index in [2.05, 4.69) is 6.92 Å². The smallest absolute Gasteiger partial charge is 0.313 e. The zero-order valence-corrected chi connectivity index (χ0v) is 16.8. The van der Waals surface area contributed by atoms with Crippen molar-refractivity contribution in [1.82, 2.24) is 14.7 Å². The van der Waals surface area contributed by atoms with Crippen molar-refractivity contribution >= 4 is 17.7 Å². The molecule has 0 N–H and O–H groups in total. The molecule has 0 radical (unpaired) electrons. The Morgan fingerprint density at radius 2 is 1.61 bits per heavy atom. The number of hydrogen-bond donors (Lipinski definition) is 0. The van der Waals surface area contributed by atoms with Crippen LogP contribution in [0.4, 0.5) is 0 Å². The Balaban J connectivity index is 1.84. The molecule has 6 heteroatoms. The highest BCUT2D eigenvalue weighted by atomic mass is 16.2. The highest BCUT2D eigenvalue weighted by molar-refractivity contribution is 6.35. The Labute approximate surface area is 167 Å². The van der Waals surface area contributed by atoms with E-state index in [1.807, 2.05) is 35.2 Å². The number of rotatable bonds is 6. The average Bonchev–Trinajstić information content (AvgIpc) is 3.01. The van der Waals surface area contributed by atoms with Gasteiger partial charge in [0.15, 0.2) is 0 Å². The molecule has 3 rings (SSSR count). The zero-order valence-electron chi connectivity index (χ0n) is 16.8. The van der Waals surface area contributed by atoms with E-state index in [0.717, 1.165) is 57.2 Å². The van der Waals surface area contributed by atoms with E-state index in [-0.39, 0.29) is 5.91 Å². The fourth-order valence-corrected chi connectivity index (χ4v) is 4.05. The van der Waals surface area contributed by atoms with Crippen LogP contribution in [0.15, 0.2) is 30.3 Å². The molecule has 1 atom stereocenters. The molecule has 0 aliphatic carbocycles. The number of carbonyl (C=O) groups excluding carboxylic acids is 3. The quantitative estimate of drug-likeness (QED) is 0.707. The summed E-state index contributed by atoms with van der Waals surface area (Å²) in [5.74, 6) is -1.10. The molecule has 2 heterocycles. The topological polar surface area (TPSA) is 60.9 Å². The van der Waals surface area contributed by atoms with E-state index in [1.165, 1.54) is 4.90 Å². The molecule has 2 saturated heterocycles. The van der Waals surface area contributed by atoms with Crippen LogP contribution in [0.5, 0.6) is 0 Å². The first-order chi connectivity index (χ1) is 13.6. The van der Waals surface area contributed by atoms with Gasteiger partial charge in [0.05, 0.1) is 0 Å². The van der Waals surface area contributed by atoms with E-state index < -0.39 is 17.9 Å².